The predicted octanol–water partition coefficient (Wildman–Crippen LogP) is 0.768. The second-order valence-electron chi connectivity index (χ2n) is 4.87. The summed E-state index contributed by atoms with van der Waals surface area (Å²) in [4.78, 5) is 25.7. The number of ether oxygens (including phenoxy) is 1. The quantitative estimate of drug-likeness (QED) is 0.809. The van der Waals surface area contributed by atoms with Gasteiger partial charge in [-0.1, -0.05) is 0 Å². The third-order valence-electron chi connectivity index (χ3n) is 3.61. The van der Waals surface area contributed by atoms with E-state index in [2.05, 4.69) is 0 Å². The highest BCUT2D eigenvalue weighted by molar-refractivity contribution is 5.77. The molecule has 6 heteroatoms. The van der Waals surface area contributed by atoms with Crippen LogP contribution in [0, 0.1) is 0 Å². The molecule has 2 aliphatic heterocycles. The van der Waals surface area contributed by atoms with Crippen LogP contribution in [0.3, 0.4) is 0 Å². The minimum absolute atomic E-state index is 0.0205. The highest BCUT2D eigenvalue weighted by Crippen LogP contribution is 2.14. The van der Waals surface area contributed by atoms with Crippen LogP contribution in [-0.4, -0.2) is 65.8 Å². The zero-order valence-corrected chi connectivity index (χ0v) is 10.5. The Kier molecular flexibility index (Phi) is 4.41. The number of rotatable bonds is 3. The first kappa shape index (κ1) is 13.1. The van der Waals surface area contributed by atoms with Crippen LogP contribution in [0.2, 0.25) is 0 Å². The van der Waals surface area contributed by atoms with E-state index in [9.17, 15) is 9.59 Å². The molecule has 0 atom stereocenters. The number of carboxylic acid groups (broad SMARTS) is 1. The SMILES string of the molecule is O=C(O)N1CCC(OCC(=O)N2CCCC2)CC1. The molecule has 0 aliphatic carbocycles. The van der Waals surface area contributed by atoms with E-state index in [1.54, 1.807) is 0 Å². The second kappa shape index (κ2) is 6.04. The number of hydrogen-bond donors (Lipinski definition) is 1. The first-order valence-corrected chi connectivity index (χ1v) is 6.54. The molecule has 102 valence electrons. The van der Waals surface area contributed by atoms with Crippen LogP contribution in [0.15, 0.2) is 0 Å². The second-order valence-corrected chi connectivity index (χ2v) is 4.87. The van der Waals surface area contributed by atoms with E-state index < -0.39 is 6.09 Å². The maximum absolute atomic E-state index is 11.8. The standard InChI is InChI=1S/C12H20N2O4/c15-11(13-5-1-2-6-13)9-18-10-3-7-14(8-4-10)12(16)17/h10H,1-9H2,(H,16,17). The Hall–Kier alpha value is -1.30. The topological polar surface area (TPSA) is 70.1 Å². The van der Waals surface area contributed by atoms with E-state index in [1.165, 1.54) is 4.90 Å². The summed E-state index contributed by atoms with van der Waals surface area (Å²) in [6, 6.07) is 0. The van der Waals surface area contributed by atoms with Crippen molar-refractivity contribution in [3.8, 4) is 0 Å². The van der Waals surface area contributed by atoms with Gasteiger partial charge in [0.25, 0.3) is 0 Å². The molecule has 2 heterocycles. The van der Waals surface area contributed by atoms with Crippen molar-refractivity contribution in [1.29, 1.82) is 0 Å². The number of carbonyl (C=O) groups excluding carboxylic acids is 1. The molecule has 18 heavy (non-hydrogen) atoms. The molecular formula is C12H20N2O4. The Morgan fingerprint density at radius 1 is 1.06 bits per heavy atom. The van der Waals surface area contributed by atoms with Crippen molar-refractivity contribution in [3.63, 3.8) is 0 Å². The molecular weight excluding hydrogens is 236 g/mol. The lowest BCUT2D eigenvalue weighted by Gasteiger charge is -2.30. The minimum atomic E-state index is -0.874. The maximum atomic E-state index is 11.8. The number of likely N-dealkylation sites (tertiary alicyclic amines) is 2. The van der Waals surface area contributed by atoms with Gasteiger partial charge in [-0.05, 0) is 25.7 Å². The zero-order chi connectivity index (χ0) is 13.0. The van der Waals surface area contributed by atoms with Crippen molar-refractivity contribution in [2.75, 3.05) is 32.8 Å². The van der Waals surface area contributed by atoms with Crippen LogP contribution in [0.5, 0.6) is 0 Å². The van der Waals surface area contributed by atoms with Crippen molar-refractivity contribution < 1.29 is 19.4 Å². The van der Waals surface area contributed by atoms with Gasteiger partial charge in [0.2, 0.25) is 5.91 Å². The summed E-state index contributed by atoms with van der Waals surface area (Å²) < 4.78 is 5.57. The van der Waals surface area contributed by atoms with Gasteiger partial charge in [-0.15, -0.1) is 0 Å². The van der Waals surface area contributed by atoms with Crippen LogP contribution >= 0.6 is 0 Å². The first-order valence-electron chi connectivity index (χ1n) is 6.54. The van der Waals surface area contributed by atoms with Crippen molar-refractivity contribution >= 4 is 12.0 Å². The summed E-state index contributed by atoms with van der Waals surface area (Å²) in [5, 5.41) is 8.81. The minimum Gasteiger partial charge on any atom is -0.465 e. The Bertz CT molecular complexity index is 307. The number of hydrogen-bond acceptors (Lipinski definition) is 3. The predicted molar refractivity (Wildman–Crippen MR) is 64.4 cm³/mol. The summed E-state index contributed by atoms with van der Waals surface area (Å²) in [6.07, 6.45) is 2.68. The summed E-state index contributed by atoms with van der Waals surface area (Å²) in [5.41, 5.74) is 0. The summed E-state index contributed by atoms with van der Waals surface area (Å²) in [5.74, 6) is 0.0631. The third-order valence-corrected chi connectivity index (χ3v) is 3.61. The number of nitrogens with zero attached hydrogens (tertiary/aromatic N) is 2. The lowest BCUT2D eigenvalue weighted by molar-refractivity contribution is -0.138. The molecule has 2 saturated heterocycles. The summed E-state index contributed by atoms with van der Waals surface area (Å²) in [7, 11) is 0. The number of piperidine rings is 1. The Morgan fingerprint density at radius 2 is 1.67 bits per heavy atom. The van der Waals surface area contributed by atoms with E-state index in [0.717, 1.165) is 25.9 Å². The fourth-order valence-electron chi connectivity index (χ4n) is 2.46. The lowest BCUT2D eigenvalue weighted by Crippen LogP contribution is -2.41. The van der Waals surface area contributed by atoms with Gasteiger partial charge in [-0.2, -0.15) is 0 Å². The summed E-state index contributed by atoms with van der Waals surface area (Å²) in [6.45, 7) is 2.83. The lowest BCUT2D eigenvalue weighted by atomic mass is 10.1. The maximum Gasteiger partial charge on any atom is 0.407 e. The van der Waals surface area contributed by atoms with Crippen LogP contribution < -0.4 is 0 Å². The molecule has 0 saturated carbocycles. The van der Waals surface area contributed by atoms with Crippen LogP contribution in [-0.2, 0) is 9.53 Å². The molecule has 0 aromatic heterocycles. The van der Waals surface area contributed by atoms with Gasteiger partial charge in [0.15, 0.2) is 0 Å². The molecule has 0 radical (unpaired) electrons. The average Bonchev–Trinajstić information content (AvgIpc) is 2.90. The Morgan fingerprint density at radius 3 is 2.22 bits per heavy atom. The van der Waals surface area contributed by atoms with E-state index in [0.29, 0.717) is 25.9 Å². The molecule has 0 aromatic carbocycles. The van der Waals surface area contributed by atoms with Gasteiger partial charge >= 0.3 is 6.09 Å². The molecule has 2 rings (SSSR count). The van der Waals surface area contributed by atoms with Gasteiger partial charge in [0, 0.05) is 26.2 Å². The molecule has 0 spiro atoms. The Balaban J connectivity index is 1.65. The largest absolute Gasteiger partial charge is 0.465 e. The van der Waals surface area contributed by atoms with Crippen molar-refractivity contribution in [2.24, 2.45) is 0 Å². The molecule has 2 aliphatic rings. The van der Waals surface area contributed by atoms with Crippen LogP contribution in [0.1, 0.15) is 25.7 Å². The van der Waals surface area contributed by atoms with E-state index in [-0.39, 0.29) is 18.6 Å². The smallest absolute Gasteiger partial charge is 0.407 e. The van der Waals surface area contributed by atoms with Crippen LogP contribution in [0.25, 0.3) is 0 Å². The van der Waals surface area contributed by atoms with Gasteiger partial charge in [-0.3, -0.25) is 4.79 Å². The molecule has 0 aromatic rings. The highest BCUT2D eigenvalue weighted by Gasteiger charge is 2.24. The molecule has 1 N–H and O–H groups in total. The van der Waals surface area contributed by atoms with Crippen LogP contribution in [0.4, 0.5) is 4.79 Å². The van der Waals surface area contributed by atoms with E-state index >= 15 is 0 Å². The van der Waals surface area contributed by atoms with Gasteiger partial charge in [0.1, 0.15) is 6.61 Å². The molecule has 0 bridgehead atoms. The zero-order valence-electron chi connectivity index (χ0n) is 10.5. The number of amides is 2. The fraction of sp³-hybridized carbons (Fsp3) is 0.833. The monoisotopic (exact) mass is 256 g/mol. The van der Waals surface area contributed by atoms with E-state index in [4.69, 9.17) is 9.84 Å². The highest BCUT2D eigenvalue weighted by atomic mass is 16.5. The molecule has 2 amide bonds. The third kappa shape index (κ3) is 3.35. The fourth-order valence-corrected chi connectivity index (χ4v) is 2.46. The van der Waals surface area contributed by atoms with Gasteiger partial charge in [0.05, 0.1) is 6.10 Å². The van der Waals surface area contributed by atoms with Gasteiger partial charge < -0.3 is 19.6 Å². The van der Waals surface area contributed by atoms with Crippen molar-refractivity contribution in [3.05, 3.63) is 0 Å². The summed E-state index contributed by atoms with van der Waals surface area (Å²) >= 11 is 0. The molecule has 2 fully saturated rings. The average molecular weight is 256 g/mol. The molecule has 6 nitrogen and oxygen atoms in total. The normalized spacial score (nSPS) is 21.3. The van der Waals surface area contributed by atoms with Gasteiger partial charge in [-0.25, -0.2) is 4.79 Å². The number of carbonyl (C=O) groups is 2. The first-order chi connectivity index (χ1) is 8.66. The van der Waals surface area contributed by atoms with E-state index in [1.807, 2.05) is 4.90 Å². The van der Waals surface area contributed by atoms with Crippen molar-refractivity contribution in [1.82, 2.24) is 9.80 Å². The molecule has 0 unspecified atom stereocenters. The van der Waals surface area contributed by atoms with Crippen molar-refractivity contribution in [2.45, 2.75) is 31.8 Å². The Labute approximate surface area is 106 Å².